The molecule has 0 fully saturated rings. The molecule has 4 heteroatoms. The first-order chi connectivity index (χ1) is 9.25. The van der Waals surface area contributed by atoms with Crippen LogP contribution in [0.3, 0.4) is 0 Å². The lowest BCUT2D eigenvalue weighted by atomic mass is 10.1. The van der Waals surface area contributed by atoms with E-state index in [2.05, 4.69) is 29.1 Å². The fraction of sp³-hybridized carbons (Fsp3) is 0.467. The molecule has 2 aromatic rings. The van der Waals surface area contributed by atoms with E-state index in [0.29, 0.717) is 18.5 Å². The predicted molar refractivity (Wildman–Crippen MR) is 78.3 cm³/mol. The van der Waals surface area contributed by atoms with Gasteiger partial charge in [-0.15, -0.1) is 0 Å². The van der Waals surface area contributed by atoms with Gasteiger partial charge in [0.25, 0.3) is 0 Å². The lowest BCUT2D eigenvalue weighted by Crippen LogP contribution is -2.12. The zero-order valence-electron chi connectivity index (χ0n) is 11.6. The second kappa shape index (κ2) is 7.04. The van der Waals surface area contributed by atoms with Gasteiger partial charge in [-0.05, 0) is 18.4 Å². The molecule has 0 spiro atoms. The molecule has 1 N–H and O–H groups in total. The zero-order valence-corrected chi connectivity index (χ0v) is 11.6. The van der Waals surface area contributed by atoms with Gasteiger partial charge in [0.1, 0.15) is 0 Å². The van der Waals surface area contributed by atoms with Gasteiger partial charge in [-0.25, -0.2) is 9.97 Å². The third kappa shape index (κ3) is 4.48. The van der Waals surface area contributed by atoms with E-state index in [-0.39, 0.29) is 0 Å². The topological polar surface area (TPSA) is 47.0 Å². The number of aromatic nitrogens is 2. The highest BCUT2D eigenvalue weighted by atomic mass is 16.5. The van der Waals surface area contributed by atoms with Crippen LogP contribution in [0.4, 0.5) is 5.95 Å². The predicted octanol–water partition coefficient (Wildman–Crippen LogP) is 3.10. The first-order valence-corrected chi connectivity index (χ1v) is 6.79. The second-order valence-electron chi connectivity index (χ2n) is 4.97. The number of nitrogens with one attached hydrogen (secondary N) is 1. The Bertz CT molecular complexity index is 513. The summed E-state index contributed by atoms with van der Waals surface area (Å²) in [6.45, 7) is 6.63. The molecule has 0 aliphatic carbocycles. The van der Waals surface area contributed by atoms with Crippen molar-refractivity contribution in [3.8, 4) is 0 Å². The van der Waals surface area contributed by atoms with Crippen molar-refractivity contribution in [1.29, 1.82) is 0 Å². The smallest absolute Gasteiger partial charge is 0.223 e. The van der Waals surface area contributed by atoms with E-state index in [1.54, 1.807) is 0 Å². The lowest BCUT2D eigenvalue weighted by molar-refractivity contribution is 0.132. The van der Waals surface area contributed by atoms with Gasteiger partial charge in [-0.3, -0.25) is 0 Å². The maximum absolute atomic E-state index is 5.54. The van der Waals surface area contributed by atoms with Crippen LogP contribution in [0.1, 0.15) is 20.3 Å². The third-order valence-electron chi connectivity index (χ3n) is 2.86. The molecule has 0 amide bonds. The van der Waals surface area contributed by atoms with Gasteiger partial charge in [-0.1, -0.05) is 32.0 Å². The van der Waals surface area contributed by atoms with Gasteiger partial charge < -0.3 is 10.1 Å². The Hall–Kier alpha value is -1.68. The summed E-state index contributed by atoms with van der Waals surface area (Å²) in [6, 6.07) is 7.96. The Balaban J connectivity index is 1.75. The first kappa shape index (κ1) is 13.7. The Labute approximate surface area is 114 Å². The van der Waals surface area contributed by atoms with Crippen LogP contribution in [0.15, 0.2) is 30.5 Å². The summed E-state index contributed by atoms with van der Waals surface area (Å²) in [6.07, 6.45) is 2.94. The van der Waals surface area contributed by atoms with Crippen molar-refractivity contribution in [2.24, 2.45) is 5.92 Å². The number of benzene rings is 1. The number of para-hydroxylation sites is 1. The van der Waals surface area contributed by atoms with E-state index in [1.807, 2.05) is 30.5 Å². The summed E-state index contributed by atoms with van der Waals surface area (Å²) in [5.41, 5.74) is 0.959. The van der Waals surface area contributed by atoms with Gasteiger partial charge in [0.2, 0.25) is 5.95 Å². The molecule has 0 aliphatic heterocycles. The van der Waals surface area contributed by atoms with Gasteiger partial charge in [0, 0.05) is 24.7 Å². The molecule has 0 bridgehead atoms. The van der Waals surface area contributed by atoms with Crippen LogP contribution in [0, 0.1) is 5.92 Å². The number of hydrogen-bond donors (Lipinski definition) is 1. The standard InChI is InChI=1S/C15H21N3O/c1-12(2)7-9-19-10-8-16-15-17-11-13-5-3-4-6-14(13)18-15/h3-6,11-12H,7-10H2,1-2H3,(H,16,17,18). The average Bonchev–Trinajstić information content (AvgIpc) is 2.42. The van der Waals surface area contributed by atoms with Crippen LogP contribution in [-0.4, -0.2) is 29.7 Å². The van der Waals surface area contributed by atoms with E-state index in [1.165, 1.54) is 0 Å². The van der Waals surface area contributed by atoms with E-state index in [4.69, 9.17) is 4.74 Å². The zero-order chi connectivity index (χ0) is 13.5. The summed E-state index contributed by atoms with van der Waals surface area (Å²) in [5, 5.41) is 4.23. The number of nitrogens with zero attached hydrogens (tertiary/aromatic N) is 2. The summed E-state index contributed by atoms with van der Waals surface area (Å²) in [5.74, 6) is 1.35. The van der Waals surface area contributed by atoms with Crippen molar-refractivity contribution in [3.05, 3.63) is 30.5 Å². The third-order valence-corrected chi connectivity index (χ3v) is 2.86. The van der Waals surface area contributed by atoms with Crippen LogP contribution in [-0.2, 0) is 4.74 Å². The van der Waals surface area contributed by atoms with E-state index in [9.17, 15) is 0 Å². The summed E-state index contributed by atoms with van der Waals surface area (Å²) in [7, 11) is 0. The Morgan fingerprint density at radius 3 is 2.89 bits per heavy atom. The fourth-order valence-corrected chi connectivity index (χ4v) is 1.71. The first-order valence-electron chi connectivity index (χ1n) is 6.79. The highest BCUT2D eigenvalue weighted by Crippen LogP contribution is 2.11. The van der Waals surface area contributed by atoms with Crippen molar-refractivity contribution in [3.63, 3.8) is 0 Å². The van der Waals surface area contributed by atoms with Crippen molar-refractivity contribution in [2.45, 2.75) is 20.3 Å². The minimum absolute atomic E-state index is 0.658. The molecule has 1 aromatic heterocycles. The molecule has 1 heterocycles. The highest BCUT2D eigenvalue weighted by molar-refractivity contribution is 5.78. The van der Waals surface area contributed by atoms with Crippen molar-refractivity contribution >= 4 is 16.9 Å². The lowest BCUT2D eigenvalue weighted by Gasteiger charge is -2.08. The molecule has 0 saturated heterocycles. The highest BCUT2D eigenvalue weighted by Gasteiger charge is 1.99. The van der Waals surface area contributed by atoms with Crippen molar-refractivity contribution in [1.82, 2.24) is 9.97 Å². The van der Waals surface area contributed by atoms with Gasteiger partial charge in [0.15, 0.2) is 0 Å². The normalized spacial score (nSPS) is 11.1. The number of anilines is 1. The molecular weight excluding hydrogens is 238 g/mol. The molecule has 0 atom stereocenters. The van der Waals surface area contributed by atoms with Crippen LogP contribution >= 0.6 is 0 Å². The minimum Gasteiger partial charge on any atom is -0.380 e. The Morgan fingerprint density at radius 1 is 1.21 bits per heavy atom. The quantitative estimate of drug-likeness (QED) is 0.776. The summed E-state index contributed by atoms with van der Waals surface area (Å²) < 4.78 is 5.54. The molecule has 4 nitrogen and oxygen atoms in total. The summed E-state index contributed by atoms with van der Waals surface area (Å²) in [4.78, 5) is 8.72. The Morgan fingerprint density at radius 2 is 2.05 bits per heavy atom. The van der Waals surface area contributed by atoms with Gasteiger partial charge in [-0.2, -0.15) is 0 Å². The van der Waals surface area contributed by atoms with Crippen LogP contribution in [0.5, 0.6) is 0 Å². The summed E-state index contributed by atoms with van der Waals surface area (Å²) >= 11 is 0. The largest absolute Gasteiger partial charge is 0.380 e. The minimum atomic E-state index is 0.658. The second-order valence-corrected chi connectivity index (χ2v) is 4.97. The maximum atomic E-state index is 5.54. The van der Waals surface area contributed by atoms with E-state index < -0.39 is 0 Å². The number of rotatable bonds is 7. The van der Waals surface area contributed by atoms with Gasteiger partial charge >= 0.3 is 0 Å². The number of hydrogen-bond acceptors (Lipinski definition) is 4. The monoisotopic (exact) mass is 259 g/mol. The molecule has 2 rings (SSSR count). The molecule has 0 radical (unpaired) electrons. The van der Waals surface area contributed by atoms with Crippen LogP contribution < -0.4 is 5.32 Å². The van der Waals surface area contributed by atoms with E-state index in [0.717, 1.165) is 30.5 Å². The SMILES string of the molecule is CC(C)CCOCCNc1ncc2ccccc2n1. The van der Waals surface area contributed by atoms with Crippen LogP contribution in [0.25, 0.3) is 10.9 Å². The van der Waals surface area contributed by atoms with Gasteiger partial charge in [0.05, 0.1) is 12.1 Å². The molecule has 0 aliphatic rings. The number of fused-ring (bicyclic) bond motifs is 1. The molecule has 102 valence electrons. The molecule has 0 saturated carbocycles. The Kier molecular flexibility index (Phi) is 5.10. The molecular formula is C15H21N3O. The fourth-order valence-electron chi connectivity index (χ4n) is 1.71. The maximum Gasteiger partial charge on any atom is 0.223 e. The van der Waals surface area contributed by atoms with Crippen LogP contribution in [0.2, 0.25) is 0 Å². The number of ether oxygens (including phenoxy) is 1. The molecule has 19 heavy (non-hydrogen) atoms. The van der Waals surface area contributed by atoms with Crippen molar-refractivity contribution in [2.75, 3.05) is 25.1 Å². The van der Waals surface area contributed by atoms with Crippen molar-refractivity contribution < 1.29 is 4.74 Å². The van der Waals surface area contributed by atoms with E-state index >= 15 is 0 Å². The molecule has 0 unspecified atom stereocenters. The average molecular weight is 259 g/mol. The molecule has 1 aromatic carbocycles.